The summed E-state index contributed by atoms with van der Waals surface area (Å²) < 4.78 is 12.7. The number of rotatable bonds is 9. The number of hydrogen-bond acceptors (Lipinski definition) is 2. The molecule has 1 aromatic carbocycles. The molecule has 0 saturated heterocycles. The lowest BCUT2D eigenvalue weighted by Gasteiger charge is -2.26. The van der Waals surface area contributed by atoms with Gasteiger partial charge in [0, 0.05) is 10.9 Å². The smallest absolute Gasteiger partial charge is 0.0576 e. The Labute approximate surface area is 120 Å². The van der Waals surface area contributed by atoms with Crippen molar-refractivity contribution in [2.24, 2.45) is 0 Å². The third kappa shape index (κ3) is 5.07. The minimum atomic E-state index is -0.919. The summed E-state index contributed by atoms with van der Waals surface area (Å²) in [6.07, 6.45) is 4.29. The molecule has 19 heavy (non-hydrogen) atoms. The summed E-state index contributed by atoms with van der Waals surface area (Å²) in [5.41, 5.74) is 0. The van der Waals surface area contributed by atoms with Gasteiger partial charge in [0.25, 0.3) is 0 Å². The molecule has 3 atom stereocenters. The molecule has 0 aromatic heterocycles. The largest absolute Gasteiger partial charge is 0.313 e. The highest BCUT2D eigenvalue weighted by atomic mass is 32.2. The lowest BCUT2D eigenvalue weighted by Crippen LogP contribution is -2.42. The molecular weight excluding hydrogens is 254 g/mol. The zero-order valence-corrected chi connectivity index (χ0v) is 13.2. The number of hydrogen-bond donors (Lipinski definition) is 1. The zero-order valence-electron chi connectivity index (χ0n) is 12.4. The van der Waals surface area contributed by atoms with Gasteiger partial charge in [-0.15, -0.1) is 0 Å². The van der Waals surface area contributed by atoms with Gasteiger partial charge in [-0.05, 0) is 37.9 Å². The topological polar surface area (TPSA) is 29.1 Å². The first-order valence-corrected chi connectivity index (χ1v) is 8.64. The van der Waals surface area contributed by atoms with Crippen LogP contribution in [0.5, 0.6) is 0 Å². The van der Waals surface area contributed by atoms with E-state index in [0.29, 0.717) is 6.04 Å². The molecule has 0 heterocycles. The van der Waals surface area contributed by atoms with Crippen molar-refractivity contribution in [2.75, 3.05) is 6.54 Å². The van der Waals surface area contributed by atoms with Gasteiger partial charge in [0.1, 0.15) is 0 Å². The fourth-order valence-electron chi connectivity index (χ4n) is 2.37. The molecule has 0 amide bonds. The molecule has 0 aliphatic rings. The Hall–Kier alpha value is -0.670. The minimum Gasteiger partial charge on any atom is -0.313 e. The fourth-order valence-corrected chi connectivity index (χ4v) is 3.98. The highest BCUT2D eigenvalue weighted by molar-refractivity contribution is 7.85. The molecule has 0 radical (unpaired) electrons. The maximum Gasteiger partial charge on any atom is 0.0576 e. The van der Waals surface area contributed by atoms with Gasteiger partial charge >= 0.3 is 0 Å². The molecule has 0 saturated carbocycles. The Morgan fingerprint density at radius 1 is 1.11 bits per heavy atom. The Kier molecular flexibility index (Phi) is 7.99. The van der Waals surface area contributed by atoms with Crippen molar-refractivity contribution >= 4 is 10.8 Å². The monoisotopic (exact) mass is 281 g/mol. The maximum atomic E-state index is 12.7. The summed E-state index contributed by atoms with van der Waals surface area (Å²) >= 11 is 0. The molecule has 3 unspecified atom stereocenters. The van der Waals surface area contributed by atoms with Gasteiger partial charge in [-0.1, -0.05) is 45.4 Å². The first kappa shape index (κ1) is 16.4. The van der Waals surface area contributed by atoms with Crippen LogP contribution in [0.25, 0.3) is 0 Å². The van der Waals surface area contributed by atoms with Crippen molar-refractivity contribution in [1.29, 1.82) is 0 Å². The molecule has 1 N–H and O–H groups in total. The van der Waals surface area contributed by atoms with Crippen molar-refractivity contribution in [2.45, 2.75) is 62.6 Å². The third-order valence-electron chi connectivity index (χ3n) is 3.36. The molecule has 2 nitrogen and oxygen atoms in total. The van der Waals surface area contributed by atoms with E-state index < -0.39 is 10.8 Å². The van der Waals surface area contributed by atoms with Gasteiger partial charge in [-0.25, -0.2) is 0 Å². The normalized spacial score (nSPS) is 15.9. The molecule has 0 fully saturated rings. The standard InChI is InChI=1S/C16H27NOS/c1-4-10-15(17-13-5-2)16(6-3)19(18)14-11-8-7-9-12-14/h7-9,11-12,15-17H,4-6,10,13H2,1-3H3. The Morgan fingerprint density at radius 3 is 2.32 bits per heavy atom. The summed E-state index contributed by atoms with van der Waals surface area (Å²) in [6.45, 7) is 7.51. The van der Waals surface area contributed by atoms with Crippen LogP contribution in [0.15, 0.2) is 35.2 Å². The van der Waals surface area contributed by atoms with Crippen LogP contribution in [0.1, 0.15) is 46.5 Å². The van der Waals surface area contributed by atoms with E-state index in [1.807, 2.05) is 30.3 Å². The van der Waals surface area contributed by atoms with Crippen LogP contribution < -0.4 is 5.32 Å². The average Bonchev–Trinajstić information content (AvgIpc) is 2.46. The Morgan fingerprint density at radius 2 is 1.79 bits per heavy atom. The van der Waals surface area contributed by atoms with E-state index in [1.165, 1.54) is 0 Å². The van der Waals surface area contributed by atoms with Crippen molar-refractivity contribution in [3.63, 3.8) is 0 Å². The molecule has 0 aliphatic carbocycles. The van der Waals surface area contributed by atoms with E-state index in [0.717, 1.165) is 37.1 Å². The summed E-state index contributed by atoms with van der Waals surface area (Å²) in [6, 6.07) is 10.2. The van der Waals surface area contributed by atoms with Crippen LogP contribution in [0.4, 0.5) is 0 Å². The van der Waals surface area contributed by atoms with Crippen molar-refractivity contribution in [1.82, 2.24) is 5.32 Å². The number of nitrogens with one attached hydrogen (secondary N) is 1. The molecule has 1 rings (SSSR count). The third-order valence-corrected chi connectivity index (χ3v) is 5.31. The summed E-state index contributed by atoms with van der Waals surface area (Å²) in [5.74, 6) is 0. The lowest BCUT2D eigenvalue weighted by molar-refractivity contribution is 0.447. The van der Waals surface area contributed by atoms with E-state index in [-0.39, 0.29) is 5.25 Å². The molecule has 0 bridgehead atoms. The van der Waals surface area contributed by atoms with Crippen molar-refractivity contribution < 1.29 is 4.21 Å². The van der Waals surface area contributed by atoms with Gasteiger partial charge in [0.2, 0.25) is 0 Å². The predicted molar refractivity (Wildman–Crippen MR) is 83.9 cm³/mol. The summed E-state index contributed by atoms with van der Waals surface area (Å²) in [5, 5.41) is 3.78. The maximum absolute atomic E-state index is 12.7. The van der Waals surface area contributed by atoms with E-state index >= 15 is 0 Å². The van der Waals surface area contributed by atoms with Gasteiger partial charge in [-0.2, -0.15) is 0 Å². The Bertz CT molecular complexity index is 366. The number of benzene rings is 1. The van der Waals surface area contributed by atoms with E-state index in [9.17, 15) is 4.21 Å². The first-order valence-electron chi connectivity index (χ1n) is 7.43. The lowest BCUT2D eigenvalue weighted by atomic mass is 10.1. The van der Waals surface area contributed by atoms with Crippen LogP contribution in [-0.4, -0.2) is 22.0 Å². The van der Waals surface area contributed by atoms with Crippen LogP contribution in [0, 0.1) is 0 Å². The van der Waals surface area contributed by atoms with Crippen LogP contribution in [-0.2, 0) is 10.8 Å². The first-order chi connectivity index (χ1) is 9.24. The van der Waals surface area contributed by atoms with Crippen LogP contribution >= 0.6 is 0 Å². The summed E-state index contributed by atoms with van der Waals surface area (Å²) in [4.78, 5) is 0.953. The zero-order chi connectivity index (χ0) is 14.1. The summed E-state index contributed by atoms with van der Waals surface area (Å²) in [7, 11) is -0.919. The van der Waals surface area contributed by atoms with Crippen LogP contribution in [0.3, 0.4) is 0 Å². The molecule has 3 heteroatoms. The second-order valence-electron chi connectivity index (χ2n) is 4.91. The molecule has 108 valence electrons. The minimum absolute atomic E-state index is 0.203. The van der Waals surface area contributed by atoms with Crippen molar-refractivity contribution in [3.05, 3.63) is 30.3 Å². The van der Waals surface area contributed by atoms with Crippen molar-refractivity contribution in [3.8, 4) is 0 Å². The van der Waals surface area contributed by atoms with Crippen LogP contribution in [0.2, 0.25) is 0 Å². The fraction of sp³-hybridized carbons (Fsp3) is 0.625. The highest BCUT2D eigenvalue weighted by Crippen LogP contribution is 2.19. The highest BCUT2D eigenvalue weighted by Gasteiger charge is 2.25. The molecule has 1 aromatic rings. The SMILES string of the molecule is CCCNC(CCC)C(CC)S(=O)c1ccccc1. The van der Waals surface area contributed by atoms with Gasteiger partial charge < -0.3 is 5.32 Å². The molecular formula is C16H27NOS. The molecule has 0 spiro atoms. The quantitative estimate of drug-likeness (QED) is 0.747. The van der Waals surface area contributed by atoms with E-state index in [1.54, 1.807) is 0 Å². The van der Waals surface area contributed by atoms with Gasteiger partial charge in [0.05, 0.1) is 16.0 Å². The van der Waals surface area contributed by atoms with E-state index in [4.69, 9.17) is 0 Å². The van der Waals surface area contributed by atoms with E-state index in [2.05, 4.69) is 26.1 Å². The van der Waals surface area contributed by atoms with Gasteiger partial charge in [0.15, 0.2) is 0 Å². The molecule has 0 aliphatic heterocycles. The average molecular weight is 281 g/mol. The predicted octanol–water partition coefficient (Wildman–Crippen LogP) is 3.74. The Balaban J connectivity index is 2.80. The van der Waals surface area contributed by atoms with Gasteiger partial charge in [-0.3, -0.25) is 4.21 Å². The second-order valence-corrected chi connectivity index (χ2v) is 6.58. The second kappa shape index (κ2) is 9.27.